The summed E-state index contributed by atoms with van der Waals surface area (Å²) >= 11 is 12.1. The maximum absolute atomic E-state index is 13.2. The first-order valence-electron chi connectivity index (χ1n) is 10.9. The van der Waals surface area contributed by atoms with Crippen molar-refractivity contribution >= 4 is 63.3 Å². The average Bonchev–Trinajstić information content (AvgIpc) is 3.14. The van der Waals surface area contributed by atoms with E-state index in [1.807, 2.05) is 54.6 Å². The molecule has 0 unspecified atom stereocenters. The van der Waals surface area contributed by atoms with Crippen molar-refractivity contribution in [2.45, 2.75) is 6.42 Å². The minimum absolute atomic E-state index is 0.142. The predicted molar refractivity (Wildman–Crippen MR) is 141 cm³/mol. The molecule has 2 heterocycles. The molecule has 35 heavy (non-hydrogen) atoms. The number of halogens is 2. The fourth-order valence-electron chi connectivity index (χ4n) is 3.76. The van der Waals surface area contributed by atoms with Crippen molar-refractivity contribution in [3.05, 3.63) is 99.5 Å². The van der Waals surface area contributed by atoms with Crippen molar-refractivity contribution in [3.63, 3.8) is 0 Å². The average molecular weight is 503 g/mol. The highest BCUT2D eigenvalue weighted by Gasteiger charge is 2.24. The van der Waals surface area contributed by atoms with Crippen molar-refractivity contribution in [2.24, 2.45) is 5.10 Å². The molecule has 5 rings (SSSR count). The first kappa shape index (κ1) is 22.8. The van der Waals surface area contributed by atoms with E-state index >= 15 is 0 Å². The molecule has 174 valence electrons. The molecule has 0 fully saturated rings. The van der Waals surface area contributed by atoms with Crippen LogP contribution in [0.3, 0.4) is 0 Å². The Kier molecular flexibility index (Phi) is 6.35. The van der Waals surface area contributed by atoms with Crippen molar-refractivity contribution < 1.29 is 4.79 Å². The molecule has 0 aliphatic carbocycles. The largest absolute Gasteiger partial charge is 0.383 e. The highest BCUT2D eigenvalue weighted by Crippen LogP contribution is 2.28. The fourth-order valence-corrected chi connectivity index (χ4v) is 4.07. The van der Waals surface area contributed by atoms with Crippen LogP contribution in [-0.4, -0.2) is 33.3 Å². The number of nitrogens with one attached hydrogen (secondary N) is 1. The Morgan fingerprint density at radius 3 is 2.43 bits per heavy atom. The predicted octanol–water partition coefficient (Wildman–Crippen LogP) is 5.33. The van der Waals surface area contributed by atoms with Crippen LogP contribution in [0.4, 0.5) is 5.82 Å². The highest BCUT2D eigenvalue weighted by molar-refractivity contribution is 6.42. The fraction of sp³-hybridized carbons (Fsp3) is 0.0769. The second-order valence-corrected chi connectivity index (χ2v) is 8.68. The zero-order valence-corrected chi connectivity index (χ0v) is 20.0. The third-order valence-electron chi connectivity index (χ3n) is 5.51. The van der Waals surface area contributed by atoms with Crippen LogP contribution >= 0.6 is 23.2 Å². The number of carbonyl (C=O) groups is 1. The number of rotatable bonds is 6. The van der Waals surface area contributed by atoms with Gasteiger partial charge in [-0.15, -0.1) is 0 Å². The lowest BCUT2D eigenvalue weighted by Crippen LogP contribution is -2.26. The van der Waals surface area contributed by atoms with Gasteiger partial charge in [0, 0.05) is 6.54 Å². The van der Waals surface area contributed by atoms with E-state index in [4.69, 9.17) is 38.9 Å². The number of nitrogens with zero attached hydrogens (tertiary/aromatic N) is 4. The van der Waals surface area contributed by atoms with E-state index in [0.29, 0.717) is 50.8 Å². The smallest absolute Gasteiger partial charge is 0.257 e. The third kappa shape index (κ3) is 4.69. The number of nitrogen functional groups attached to an aromatic ring is 1. The highest BCUT2D eigenvalue weighted by atomic mass is 35.5. The molecule has 3 N–H and O–H groups in total. The number of fused-ring (bicyclic) bond motifs is 2. The zero-order chi connectivity index (χ0) is 24.4. The summed E-state index contributed by atoms with van der Waals surface area (Å²) in [6, 6.07) is 22.5. The van der Waals surface area contributed by atoms with Crippen LogP contribution < -0.4 is 11.1 Å². The number of nitrogens with two attached hydrogens (primary N) is 1. The van der Waals surface area contributed by atoms with Crippen LogP contribution in [0.25, 0.3) is 22.2 Å². The van der Waals surface area contributed by atoms with E-state index in [0.717, 1.165) is 5.56 Å². The molecule has 0 saturated carbocycles. The van der Waals surface area contributed by atoms with Gasteiger partial charge in [0.05, 0.1) is 27.3 Å². The summed E-state index contributed by atoms with van der Waals surface area (Å²) < 4.78 is 1.42. The normalized spacial score (nSPS) is 11.5. The molecule has 2 aromatic heterocycles. The van der Waals surface area contributed by atoms with Gasteiger partial charge in [0.15, 0.2) is 5.65 Å². The summed E-state index contributed by atoms with van der Waals surface area (Å²) in [5.74, 6) is -0.194. The molecule has 3 aromatic carbocycles. The Morgan fingerprint density at radius 1 is 0.971 bits per heavy atom. The molecular formula is C26H20Cl2N6O. The summed E-state index contributed by atoms with van der Waals surface area (Å²) in [4.78, 5) is 22.6. The van der Waals surface area contributed by atoms with Crippen molar-refractivity contribution in [1.29, 1.82) is 0 Å². The van der Waals surface area contributed by atoms with E-state index in [1.54, 1.807) is 24.4 Å². The van der Waals surface area contributed by atoms with Crippen molar-refractivity contribution in [1.82, 2.24) is 20.0 Å². The molecule has 0 saturated heterocycles. The number of para-hydroxylation sites is 2. The molecule has 5 aromatic rings. The van der Waals surface area contributed by atoms with Gasteiger partial charge in [-0.1, -0.05) is 71.7 Å². The van der Waals surface area contributed by atoms with E-state index < -0.39 is 0 Å². The number of carbonyl (C=O) groups excluding carboxylic acids is 1. The van der Waals surface area contributed by atoms with Crippen molar-refractivity contribution in [3.8, 4) is 0 Å². The lowest BCUT2D eigenvalue weighted by Gasteiger charge is -2.06. The lowest BCUT2D eigenvalue weighted by molar-refractivity contribution is 0.0956. The zero-order valence-electron chi connectivity index (χ0n) is 18.5. The van der Waals surface area contributed by atoms with E-state index in [1.165, 1.54) is 4.68 Å². The molecule has 7 nitrogen and oxygen atoms in total. The molecule has 0 spiro atoms. The van der Waals surface area contributed by atoms with Gasteiger partial charge >= 0.3 is 0 Å². The molecule has 1 amide bonds. The molecule has 0 aliphatic rings. The second kappa shape index (κ2) is 9.74. The Morgan fingerprint density at radius 2 is 1.69 bits per heavy atom. The summed E-state index contributed by atoms with van der Waals surface area (Å²) in [6.07, 6.45) is 2.27. The first-order valence-corrected chi connectivity index (χ1v) is 11.6. The van der Waals surface area contributed by atoms with Gasteiger partial charge in [-0.25, -0.2) is 9.97 Å². The second-order valence-electron chi connectivity index (χ2n) is 7.87. The molecule has 0 bridgehead atoms. The minimum Gasteiger partial charge on any atom is -0.383 e. The van der Waals surface area contributed by atoms with Crippen LogP contribution in [0, 0.1) is 0 Å². The van der Waals surface area contributed by atoms with E-state index in [9.17, 15) is 4.79 Å². The number of aromatic nitrogens is 3. The maximum Gasteiger partial charge on any atom is 0.257 e. The number of hydrogen-bond donors (Lipinski definition) is 2. The molecule has 0 radical (unpaired) electrons. The van der Waals surface area contributed by atoms with Gasteiger partial charge in [-0.05, 0) is 41.8 Å². The van der Waals surface area contributed by atoms with Crippen LogP contribution in [-0.2, 0) is 6.42 Å². The lowest BCUT2D eigenvalue weighted by atomic mass is 10.1. The minimum atomic E-state index is -0.337. The standard InChI is InChI=1S/C26H20Cl2N6O/c27-18-11-10-17(14-19(18)28)15-31-34-24(29)22(26(35)30-13-12-16-6-2-1-3-7-16)23-25(34)33-21-9-5-4-8-20(21)32-23/h1-11,14-15H,12-13,29H2,(H,30,35)/b31-15-. The third-order valence-corrected chi connectivity index (χ3v) is 6.25. The van der Waals surface area contributed by atoms with Gasteiger partial charge in [0.2, 0.25) is 0 Å². The SMILES string of the molecule is Nc1c(C(=O)NCCc2ccccc2)c2nc3ccccc3nc2n1/N=C\c1ccc(Cl)c(Cl)c1. The van der Waals surface area contributed by atoms with Gasteiger partial charge in [0.25, 0.3) is 5.91 Å². The van der Waals surface area contributed by atoms with Crippen LogP contribution in [0.2, 0.25) is 10.0 Å². The van der Waals surface area contributed by atoms with Crippen molar-refractivity contribution in [2.75, 3.05) is 12.3 Å². The molecule has 0 atom stereocenters. The maximum atomic E-state index is 13.2. The van der Waals surface area contributed by atoms with Gasteiger partial charge in [0.1, 0.15) is 16.9 Å². The summed E-state index contributed by atoms with van der Waals surface area (Å²) in [5.41, 5.74) is 10.6. The Bertz CT molecular complexity index is 1580. The number of amides is 1. The Hall–Kier alpha value is -3.94. The Balaban J connectivity index is 1.54. The van der Waals surface area contributed by atoms with Gasteiger partial charge < -0.3 is 11.1 Å². The number of benzene rings is 3. The number of hydrogen-bond acceptors (Lipinski definition) is 5. The van der Waals surface area contributed by atoms with Gasteiger partial charge in [-0.2, -0.15) is 9.78 Å². The number of anilines is 1. The molecule has 0 aliphatic heterocycles. The molecular weight excluding hydrogens is 483 g/mol. The monoisotopic (exact) mass is 502 g/mol. The quantitative estimate of drug-likeness (QED) is 0.306. The summed E-state index contributed by atoms with van der Waals surface area (Å²) in [7, 11) is 0. The summed E-state index contributed by atoms with van der Waals surface area (Å²) in [5, 5.41) is 8.29. The summed E-state index contributed by atoms with van der Waals surface area (Å²) in [6.45, 7) is 0.447. The van der Waals surface area contributed by atoms with E-state index in [2.05, 4.69) is 10.4 Å². The Labute approximate surface area is 211 Å². The van der Waals surface area contributed by atoms with Crippen LogP contribution in [0.15, 0.2) is 77.9 Å². The van der Waals surface area contributed by atoms with E-state index in [-0.39, 0.29) is 17.3 Å². The van der Waals surface area contributed by atoms with Crippen LogP contribution in [0.5, 0.6) is 0 Å². The molecule has 9 heteroatoms. The van der Waals surface area contributed by atoms with Gasteiger partial charge in [-0.3, -0.25) is 4.79 Å². The topological polar surface area (TPSA) is 98.2 Å². The first-order chi connectivity index (χ1) is 17.0. The van der Waals surface area contributed by atoms with Crippen LogP contribution in [0.1, 0.15) is 21.5 Å².